The van der Waals surface area contributed by atoms with Gasteiger partial charge in [0, 0.05) is 11.4 Å². The van der Waals surface area contributed by atoms with E-state index in [2.05, 4.69) is 26.1 Å². The molecule has 6 heteroatoms. The summed E-state index contributed by atoms with van der Waals surface area (Å²) in [6.45, 7) is 7.09. The first-order valence-corrected chi connectivity index (χ1v) is 14.3. The van der Waals surface area contributed by atoms with E-state index in [9.17, 15) is 0 Å². The van der Waals surface area contributed by atoms with Crippen LogP contribution in [0.5, 0.6) is 0 Å². The topological polar surface area (TPSA) is 34.4 Å². The van der Waals surface area contributed by atoms with Crippen molar-refractivity contribution in [3.05, 3.63) is 96.8 Å². The smallest absolute Gasteiger partial charge is 0.281 e. The average Bonchev–Trinajstić information content (AvgIpc) is 3.26. The molecular weight excluding hydrogens is 472 g/mol. The molecule has 190 valence electrons. The van der Waals surface area contributed by atoms with Gasteiger partial charge < -0.3 is 14.2 Å². The minimum Gasteiger partial charge on any atom is -0.464 e. The summed E-state index contributed by atoms with van der Waals surface area (Å²) in [4.78, 5) is 0. The Hall–Kier alpha value is -2.80. The van der Waals surface area contributed by atoms with Crippen molar-refractivity contribution in [3.63, 3.8) is 0 Å². The predicted molar refractivity (Wildman–Crippen MR) is 146 cm³/mol. The lowest BCUT2D eigenvalue weighted by atomic mass is 10.1. The summed E-state index contributed by atoms with van der Waals surface area (Å²) in [5.74, 6) is -3.03. The molecule has 4 aromatic rings. The van der Waals surface area contributed by atoms with Crippen LogP contribution in [0.3, 0.4) is 0 Å². The van der Waals surface area contributed by atoms with Crippen LogP contribution in [-0.4, -0.2) is 33.4 Å². The molecule has 0 aliphatic carbocycles. The van der Waals surface area contributed by atoms with Crippen molar-refractivity contribution < 1.29 is 17.6 Å². The summed E-state index contributed by atoms with van der Waals surface area (Å²) in [6, 6.07) is 27.4. The number of furan rings is 1. The Labute approximate surface area is 213 Å². The molecule has 3 nitrogen and oxygen atoms in total. The van der Waals surface area contributed by atoms with Gasteiger partial charge in [-0.2, -0.15) is 0 Å². The number of rotatable bonds is 10. The summed E-state index contributed by atoms with van der Waals surface area (Å²) in [7, 11) is -3.02. The Balaban J connectivity index is 1.49. The molecule has 0 bridgehead atoms. The summed E-state index contributed by atoms with van der Waals surface area (Å²) in [6.07, 6.45) is 2.32. The van der Waals surface area contributed by atoms with Gasteiger partial charge in [0.2, 0.25) is 0 Å². The lowest BCUT2D eigenvalue weighted by Crippen LogP contribution is -2.67. The van der Waals surface area contributed by atoms with Crippen molar-refractivity contribution in [3.8, 4) is 0 Å². The van der Waals surface area contributed by atoms with E-state index in [-0.39, 0.29) is 11.1 Å². The Bertz CT molecular complexity index is 1210. The molecule has 0 radical (unpaired) electrons. The molecule has 0 aliphatic heterocycles. The van der Waals surface area contributed by atoms with Crippen LogP contribution in [0.4, 0.5) is 8.78 Å². The van der Waals surface area contributed by atoms with Crippen LogP contribution >= 0.6 is 0 Å². The standard InChI is InChI=1S/C30H35F2NO2Si/c1-23(19-24-20-34-28-18-12-11-17-27(24)28)33-21-30(31,32)22-35-36(29(2,3)4,25-13-7-5-8-14-25)26-15-9-6-10-16-26/h5-18,20,23,33H,19,21-22H2,1-4H3. The van der Waals surface area contributed by atoms with Crippen LogP contribution < -0.4 is 15.7 Å². The van der Waals surface area contributed by atoms with Gasteiger partial charge in [-0.25, -0.2) is 8.78 Å². The molecule has 0 amide bonds. The van der Waals surface area contributed by atoms with E-state index in [1.165, 1.54) is 0 Å². The fraction of sp³-hybridized carbons (Fsp3) is 0.333. The normalized spacial score (nSPS) is 13.7. The van der Waals surface area contributed by atoms with Gasteiger partial charge in [0.15, 0.2) is 0 Å². The molecule has 1 atom stereocenters. The predicted octanol–water partition coefficient (Wildman–Crippen LogP) is 6.17. The average molecular weight is 508 g/mol. The Morgan fingerprint density at radius 2 is 1.42 bits per heavy atom. The van der Waals surface area contributed by atoms with Gasteiger partial charge in [0.25, 0.3) is 14.2 Å². The molecule has 1 N–H and O–H groups in total. The fourth-order valence-corrected chi connectivity index (χ4v) is 9.53. The number of fused-ring (bicyclic) bond motifs is 1. The molecule has 3 aromatic carbocycles. The number of benzene rings is 3. The van der Waals surface area contributed by atoms with Crippen molar-refractivity contribution >= 4 is 29.7 Å². The van der Waals surface area contributed by atoms with Crippen molar-refractivity contribution in [2.24, 2.45) is 0 Å². The molecule has 0 saturated heterocycles. The number of nitrogens with one attached hydrogen (secondary N) is 1. The first-order chi connectivity index (χ1) is 17.1. The molecule has 4 rings (SSSR count). The van der Waals surface area contributed by atoms with E-state index >= 15 is 8.78 Å². The van der Waals surface area contributed by atoms with Gasteiger partial charge in [0.1, 0.15) is 5.58 Å². The molecule has 0 saturated carbocycles. The van der Waals surface area contributed by atoms with E-state index in [0.29, 0.717) is 6.42 Å². The third-order valence-corrected chi connectivity index (χ3v) is 11.7. The Morgan fingerprint density at radius 3 is 2.00 bits per heavy atom. The maximum atomic E-state index is 15.3. The van der Waals surface area contributed by atoms with Crippen molar-refractivity contribution in [2.45, 2.75) is 51.1 Å². The van der Waals surface area contributed by atoms with Gasteiger partial charge in [-0.15, -0.1) is 0 Å². The molecular formula is C30H35F2NO2Si. The van der Waals surface area contributed by atoms with Gasteiger partial charge in [0.05, 0.1) is 19.4 Å². The fourth-order valence-electron chi connectivity index (χ4n) is 4.94. The SMILES string of the molecule is CC(Cc1coc2ccccc12)NCC(F)(F)CO[Si](c1ccccc1)(c1ccccc1)C(C)(C)C. The number of halogens is 2. The Morgan fingerprint density at radius 1 is 0.861 bits per heavy atom. The highest BCUT2D eigenvalue weighted by molar-refractivity contribution is 6.99. The summed E-state index contributed by atoms with van der Waals surface area (Å²) >= 11 is 0. The van der Waals surface area contributed by atoms with Gasteiger partial charge in [-0.05, 0) is 40.4 Å². The van der Waals surface area contributed by atoms with Gasteiger partial charge >= 0.3 is 0 Å². The van der Waals surface area contributed by atoms with E-state index in [4.69, 9.17) is 8.84 Å². The quantitative estimate of drug-likeness (QED) is 0.261. The van der Waals surface area contributed by atoms with E-state index < -0.39 is 27.4 Å². The number of hydrogen-bond acceptors (Lipinski definition) is 3. The number of alkyl halides is 2. The van der Waals surface area contributed by atoms with Crippen LogP contribution in [0.2, 0.25) is 5.04 Å². The summed E-state index contributed by atoms with van der Waals surface area (Å²) in [5, 5.41) is 5.68. The summed E-state index contributed by atoms with van der Waals surface area (Å²) < 4.78 is 42.6. The molecule has 1 unspecified atom stereocenters. The van der Waals surface area contributed by atoms with Gasteiger partial charge in [-0.3, -0.25) is 0 Å². The first-order valence-electron chi connectivity index (χ1n) is 12.4. The van der Waals surface area contributed by atoms with E-state index in [0.717, 1.165) is 26.9 Å². The minimum absolute atomic E-state index is 0.148. The van der Waals surface area contributed by atoms with Crippen LogP contribution in [0.1, 0.15) is 33.3 Å². The minimum atomic E-state index is -3.03. The number of para-hydroxylation sites is 1. The largest absolute Gasteiger partial charge is 0.464 e. The maximum absolute atomic E-state index is 15.3. The first kappa shape index (κ1) is 26.3. The van der Waals surface area contributed by atoms with E-state index in [1.54, 1.807) is 6.26 Å². The zero-order valence-corrected chi connectivity index (χ0v) is 22.4. The zero-order chi connectivity index (χ0) is 25.8. The van der Waals surface area contributed by atoms with Crippen molar-refractivity contribution in [1.82, 2.24) is 5.32 Å². The number of hydrogen-bond donors (Lipinski definition) is 1. The lowest BCUT2D eigenvalue weighted by molar-refractivity contribution is -0.0433. The zero-order valence-electron chi connectivity index (χ0n) is 21.4. The van der Waals surface area contributed by atoms with Crippen molar-refractivity contribution in [1.29, 1.82) is 0 Å². The van der Waals surface area contributed by atoms with Gasteiger partial charge in [-0.1, -0.05) is 99.6 Å². The lowest BCUT2D eigenvalue weighted by Gasteiger charge is -2.43. The van der Waals surface area contributed by atoms with E-state index in [1.807, 2.05) is 91.9 Å². The molecule has 0 aliphatic rings. The van der Waals surface area contributed by atoms with Crippen LogP contribution in [-0.2, 0) is 10.8 Å². The van der Waals surface area contributed by atoms with Crippen molar-refractivity contribution in [2.75, 3.05) is 13.2 Å². The maximum Gasteiger partial charge on any atom is 0.281 e. The van der Waals surface area contributed by atoms with Crippen LogP contribution in [0.25, 0.3) is 11.0 Å². The monoisotopic (exact) mass is 507 g/mol. The second-order valence-corrected chi connectivity index (χ2v) is 14.9. The highest BCUT2D eigenvalue weighted by atomic mass is 28.4. The molecule has 0 spiro atoms. The third kappa shape index (κ3) is 5.61. The highest BCUT2D eigenvalue weighted by Crippen LogP contribution is 2.37. The Kier molecular flexibility index (Phi) is 7.78. The molecule has 1 heterocycles. The molecule has 0 fully saturated rings. The highest BCUT2D eigenvalue weighted by Gasteiger charge is 2.51. The van der Waals surface area contributed by atoms with Crippen LogP contribution in [0.15, 0.2) is 95.6 Å². The molecule has 36 heavy (non-hydrogen) atoms. The second kappa shape index (κ2) is 10.7. The van der Waals surface area contributed by atoms with Crippen LogP contribution in [0, 0.1) is 0 Å². The second-order valence-electron chi connectivity index (χ2n) is 10.6. The summed E-state index contributed by atoms with van der Waals surface area (Å²) in [5.41, 5.74) is 1.82. The third-order valence-electron chi connectivity index (χ3n) is 6.71. The molecule has 1 aromatic heterocycles.